The number of ether oxygens (including phenoxy) is 2. The van der Waals surface area contributed by atoms with Crippen molar-refractivity contribution in [3.63, 3.8) is 0 Å². The Kier molecular flexibility index (Phi) is 3.62. The third-order valence-corrected chi connectivity index (χ3v) is 5.06. The van der Waals surface area contributed by atoms with Crippen molar-refractivity contribution in [2.45, 2.75) is 19.1 Å². The summed E-state index contributed by atoms with van der Waals surface area (Å²) in [6.45, 7) is 5.88. The van der Waals surface area contributed by atoms with E-state index in [2.05, 4.69) is 29.8 Å². The molecule has 0 aliphatic carbocycles. The van der Waals surface area contributed by atoms with Crippen LogP contribution in [0.3, 0.4) is 0 Å². The topological polar surface area (TPSA) is 37.8 Å². The van der Waals surface area contributed by atoms with Crippen molar-refractivity contribution < 1.29 is 9.47 Å². The predicted molar refractivity (Wildman–Crippen MR) is 91.4 cm³/mol. The van der Waals surface area contributed by atoms with Gasteiger partial charge in [0.25, 0.3) is 0 Å². The molecule has 2 aliphatic heterocycles. The number of pyridine rings is 1. The SMILES string of the molecule is COc1ccc2nc(N3C[C@H]4OCCN(C)[C@H]4C3)c(C)cc2c1. The summed E-state index contributed by atoms with van der Waals surface area (Å²) in [6.07, 6.45) is 0.293. The van der Waals surface area contributed by atoms with Gasteiger partial charge in [-0.3, -0.25) is 4.90 Å². The maximum Gasteiger partial charge on any atom is 0.132 e. The maximum absolute atomic E-state index is 5.95. The van der Waals surface area contributed by atoms with E-state index >= 15 is 0 Å². The third kappa shape index (κ3) is 2.54. The monoisotopic (exact) mass is 313 g/mol. The maximum atomic E-state index is 5.95. The first kappa shape index (κ1) is 14.7. The van der Waals surface area contributed by atoms with E-state index in [0.717, 1.165) is 48.7 Å². The number of rotatable bonds is 2. The van der Waals surface area contributed by atoms with Crippen LogP contribution in [-0.2, 0) is 4.74 Å². The largest absolute Gasteiger partial charge is 0.497 e. The molecule has 3 heterocycles. The van der Waals surface area contributed by atoms with Crippen molar-refractivity contribution in [1.82, 2.24) is 9.88 Å². The highest BCUT2D eigenvalue weighted by Crippen LogP contribution is 2.30. The highest BCUT2D eigenvalue weighted by molar-refractivity contribution is 5.83. The van der Waals surface area contributed by atoms with Crippen LogP contribution in [0.25, 0.3) is 10.9 Å². The average molecular weight is 313 g/mol. The molecule has 1 aromatic carbocycles. The minimum atomic E-state index is 0.293. The van der Waals surface area contributed by atoms with Crippen LogP contribution in [0.1, 0.15) is 5.56 Å². The molecular formula is C18H23N3O2. The Bertz CT molecular complexity index is 734. The first-order valence-electron chi connectivity index (χ1n) is 8.18. The molecule has 4 rings (SSSR count). The van der Waals surface area contributed by atoms with Crippen LogP contribution in [0, 0.1) is 6.92 Å². The Morgan fingerprint density at radius 1 is 1.26 bits per heavy atom. The number of anilines is 1. The number of fused-ring (bicyclic) bond motifs is 2. The molecule has 2 aromatic rings. The quantitative estimate of drug-likeness (QED) is 0.848. The zero-order valence-corrected chi connectivity index (χ0v) is 14.0. The van der Waals surface area contributed by atoms with Crippen LogP contribution in [0.4, 0.5) is 5.82 Å². The molecule has 0 spiro atoms. The van der Waals surface area contributed by atoms with Gasteiger partial charge in [-0.15, -0.1) is 0 Å². The Morgan fingerprint density at radius 2 is 2.13 bits per heavy atom. The van der Waals surface area contributed by atoms with Crippen molar-refractivity contribution in [3.8, 4) is 5.75 Å². The van der Waals surface area contributed by atoms with Gasteiger partial charge in [-0.1, -0.05) is 0 Å². The lowest BCUT2D eigenvalue weighted by Crippen LogP contribution is -2.48. The number of hydrogen-bond donors (Lipinski definition) is 0. The lowest BCUT2D eigenvalue weighted by molar-refractivity contribution is -0.0362. The van der Waals surface area contributed by atoms with Crippen LogP contribution in [0.2, 0.25) is 0 Å². The molecule has 2 fully saturated rings. The van der Waals surface area contributed by atoms with Crippen molar-refractivity contribution in [2.75, 3.05) is 45.3 Å². The first-order valence-corrected chi connectivity index (χ1v) is 8.18. The van der Waals surface area contributed by atoms with E-state index in [-0.39, 0.29) is 0 Å². The van der Waals surface area contributed by atoms with Gasteiger partial charge in [0, 0.05) is 25.0 Å². The molecule has 122 valence electrons. The van der Waals surface area contributed by atoms with E-state index in [1.807, 2.05) is 18.2 Å². The van der Waals surface area contributed by atoms with Crippen molar-refractivity contribution in [2.24, 2.45) is 0 Å². The van der Waals surface area contributed by atoms with Crippen molar-refractivity contribution >= 4 is 16.7 Å². The molecule has 0 amide bonds. The summed E-state index contributed by atoms with van der Waals surface area (Å²) in [5.41, 5.74) is 2.21. The highest BCUT2D eigenvalue weighted by atomic mass is 16.5. The minimum absolute atomic E-state index is 0.293. The average Bonchev–Trinajstić information content (AvgIpc) is 2.99. The standard InChI is InChI=1S/C18H23N3O2/c1-12-8-13-9-14(22-3)4-5-15(13)19-18(12)21-10-16-17(11-21)23-7-6-20(16)2/h4-5,8-9,16-17H,6-7,10-11H2,1-3H3/t16-,17+/m0/s1. The number of benzene rings is 1. The summed E-state index contributed by atoms with van der Waals surface area (Å²) in [5, 5.41) is 1.12. The Balaban J connectivity index is 1.68. The molecule has 2 aliphatic rings. The van der Waals surface area contributed by atoms with E-state index in [9.17, 15) is 0 Å². The first-order chi connectivity index (χ1) is 11.2. The second-order valence-corrected chi connectivity index (χ2v) is 6.55. The molecule has 0 unspecified atom stereocenters. The molecule has 5 nitrogen and oxygen atoms in total. The van der Waals surface area contributed by atoms with Crippen LogP contribution in [0.5, 0.6) is 5.75 Å². The summed E-state index contributed by atoms with van der Waals surface area (Å²) in [5.74, 6) is 1.95. The Hall–Kier alpha value is -1.85. The lowest BCUT2D eigenvalue weighted by Gasteiger charge is -2.33. The minimum Gasteiger partial charge on any atom is -0.497 e. The number of aryl methyl sites for hydroxylation is 1. The number of methoxy groups -OCH3 is 1. The second-order valence-electron chi connectivity index (χ2n) is 6.55. The van der Waals surface area contributed by atoms with E-state index in [1.165, 1.54) is 5.56 Å². The third-order valence-electron chi connectivity index (χ3n) is 5.06. The fourth-order valence-electron chi connectivity index (χ4n) is 3.73. The molecule has 2 saturated heterocycles. The second kappa shape index (κ2) is 5.65. The van der Waals surface area contributed by atoms with Crippen molar-refractivity contribution in [3.05, 3.63) is 29.8 Å². The summed E-state index contributed by atoms with van der Waals surface area (Å²) in [6, 6.07) is 8.71. The molecule has 5 heteroatoms. The molecule has 0 radical (unpaired) electrons. The van der Waals surface area contributed by atoms with Gasteiger partial charge in [0.15, 0.2) is 0 Å². The van der Waals surface area contributed by atoms with Gasteiger partial charge in [-0.05, 0) is 43.8 Å². The fraction of sp³-hybridized carbons (Fsp3) is 0.500. The number of likely N-dealkylation sites (N-methyl/N-ethyl adjacent to an activating group) is 1. The van der Waals surface area contributed by atoms with Gasteiger partial charge < -0.3 is 14.4 Å². The molecule has 2 atom stereocenters. The van der Waals surface area contributed by atoms with E-state index in [1.54, 1.807) is 7.11 Å². The van der Waals surface area contributed by atoms with Gasteiger partial charge in [0.05, 0.1) is 31.4 Å². The lowest BCUT2D eigenvalue weighted by atomic mass is 10.1. The molecule has 0 saturated carbocycles. The fourth-order valence-corrected chi connectivity index (χ4v) is 3.73. The molecule has 0 N–H and O–H groups in total. The Morgan fingerprint density at radius 3 is 2.91 bits per heavy atom. The number of morpholine rings is 1. The smallest absolute Gasteiger partial charge is 0.132 e. The van der Waals surface area contributed by atoms with Gasteiger partial charge in [-0.25, -0.2) is 4.98 Å². The van der Waals surface area contributed by atoms with Crippen LogP contribution in [0.15, 0.2) is 24.3 Å². The zero-order chi connectivity index (χ0) is 16.0. The van der Waals surface area contributed by atoms with Gasteiger partial charge >= 0.3 is 0 Å². The number of aromatic nitrogens is 1. The summed E-state index contributed by atoms with van der Waals surface area (Å²) in [7, 11) is 3.88. The normalized spacial score (nSPS) is 24.9. The zero-order valence-electron chi connectivity index (χ0n) is 14.0. The number of nitrogens with zero attached hydrogens (tertiary/aromatic N) is 3. The van der Waals surface area contributed by atoms with Crippen LogP contribution in [-0.4, -0.2) is 62.4 Å². The van der Waals surface area contributed by atoms with Crippen LogP contribution >= 0.6 is 0 Å². The van der Waals surface area contributed by atoms with Crippen molar-refractivity contribution in [1.29, 1.82) is 0 Å². The molecule has 23 heavy (non-hydrogen) atoms. The molecular weight excluding hydrogens is 290 g/mol. The van der Waals surface area contributed by atoms with E-state index < -0.39 is 0 Å². The van der Waals surface area contributed by atoms with E-state index in [0.29, 0.717) is 12.1 Å². The van der Waals surface area contributed by atoms with Crippen LogP contribution < -0.4 is 9.64 Å². The number of hydrogen-bond acceptors (Lipinski definition) is 5. The van der Waals surface area contributed by atoms with Gasteiger partial charge in [-0.2, -0.15) is 0 Å². The summed E-state index contributed by atoms with van der Waals surface area (Å²) < 4.78 is 11.3. The van der Waals surface area contributed by atoms with Gasteiger partial charge in [0.1, 0.15) is 11.6 Å². The highest BCUT2D eigenvalue weighted by Gasteiger charge is 2.39. The molecule has 1 aromatic heterocycles. The predicted octanol–water partition coefficient (Wildman–Crippen LogP) is 2.07. The summed E-state index contributed by atoms with van der Waals surface area (Å²) >= 11 is 0. The van der Waals surface area contributed by atoms with Gasteiger partial charge in [0.2, 0.25) is 0 Å². The molecule has 0 bridgehead atoms. The van der Waals surface area contributed by atoms with E-state index in [4.69, 9.17) is 14.5 Å². The summed E-state index contributed by atoms with van der Waals surface area (Å²) in [4.78, 5) is 9.69. The Labute approximate surface area is 136 Å².